The van der Waals surface area contributed by atoms with E-state index in [1.54, 1.807) is 14.0 Å². The average Bonchev–Trinajstić information content (AvgIpc) is 2.74. The van der Waals surface area contributed by atoms with Crippen LogP contribution in [-0.4, -0.2) is 27.8 Å². The second-order valence-electron chi connectivity index (χ2n) is 6.88. The van der Waals surface area contributed by atoms with Gasteiger partial charge in [0.1, 0.15) is 0 Å². The largest absolute Gasteiger partial charge is 0.355 e. The predicted molar refractivity (Wildman–Crippen MR) is 117 cm³/mol. The van der Waals surface area contributed by atoms with Crippen molar-refractivity contribution in [3.05, 3.63) is 93.9 Å². The van der Waals surface area contributed by atoms with Crippen LogP contribution in [-0.2, 0) is 11.8 Å². The van der Waals surface area contributed by atoms with E-state index in [2.05, 4.69) is 34.6 Å². The van der Waals surface area contributed by atoms with Crippen molar-refractivity contribution < 1.29 is 4.79 Å². The van der Waals surface area contributed by atoms with Crippen molar-refractivity contribution in [2.24, 2.45) is 7.05 Å². The maximum atomic E-state index is 12.3. The van der Waals surface area contributed by atoms with Gasteiger partial charge in [-0.25, -0.2) is 4.98 Å². The number of amides is 1. The molecule has 3 aromatic rings. The van der Waals surface area contributed by atoms with E-state index in [0.717, 1.165) is 6.42 Å². The van der Waals surface area contributed by atoms with Gasteiger partial charge in [-0.1, -0.05) is 72.4 Å². The number of rotatable bonds is 8. The minimum Gasteiger partial charge on any atom is -0.355 e. The second kappa shape index (κ2) is 10.1. The summed E-state index contributed by atoms with van der Waals surface area (Å²) in [6.45, 7) is 2.35. The van der Waals surface area contributed by atoms with E-state index in [1.165, 1.54) is 33.5 Å². The Bertz CT molecular complexity index is 964. The molecule has 150 valence electrons. The smallest absolute Gasteiger partial charge is 0.254 e. The van der Waals surface area contributed by atoms with Crippen LogP contribution in [0.5, 0.6) is 0 Å². The number of hydrogen-bond acceptors (Lipinski definition) is 4. The number of thioether (sulfide) groups is 1. The molecule has 2 aromatic carbocycles. The Morgan fingerprint density at radius 2 is 1.66 bits per heavy atom. The second-order valence-corrected chi connectivity index (χ2v) is 7.82. The molecule has 0 aliphatic heterocycles. The van der Waals surface area contributed by atoms with Crippen LogP contribution in [0, 0.1) is 6.92 Å². The first-order valence-electron chi connectivity index (χ1n) is 9.58. The third-order valence-electron chi connectivity index (χ3n) is 4.71. The summed E-state index contributed by atoms with van der Waals surface area (Å²) in [7, 11) is 1.67. The van der Waals surface area contributed by atoms with Crippen molar-refractivity contribution >= 4 is 17.7 Å². The topological polar surface area (TPSA) is 64.0 Å². The van der Waals surface area contributed by atoms with Gasteiger partial charge in [-0.15, -0.1) is 0 Å². The number of carbonyl (C=O) groups is 1. The first kappa shape index (κ1) is 20.9. The molecule has 0 aliphatic carbocycles. The van der Waals surface area contributed by atoms with E-state index in [0.29, 0.717) is 17.4 Å². The summed E-state index contributed by atoms with van der Waals surface area (Å²) >= 11 is 1.27. The van der Waals surface area contributed by atoms with Crippen molar-refractivity contribution in [2.45, 2.75) is 24.4 Å². The summed E-state index contributed by atoms with van der Waals surface area (Å²) in [6, 6.07) is 22.2. The summed E-state index contributed by atoms with van der Waals surface area (Å²) in [4.78, 5) is 28.5. The van der Waals surface area contributed by atoms with E-state index in [9.17, 15) is 9.59 Å². The highest BCUT2D eigenvalue weighted by atomic mass is 32.2. The van der Waals surface area contributed by atoms with Gasteiger partial charge in [-0.3, -0.25) is 14.2 Å². The van der Waals surface area contributed by atoms with Crippen LogP contribution in [0.4, 0.5) is 0 Å². The summed E-state index contributed by atoms with van der Waals surface area (Å²) < 4.78 is 1.46. The minimum absolute atomic E-state index is 0.0642. The zero-order valence-corrected chi connectivity index (χ0v) is 17.5. The van der Waals surface area contributed by atoms with Gasteiger partial charge in [-0.05, 0) is 24.5 Å². The fourth-order valence-electron chi connectivity index (χ4n) is 3.19. The molecule has 6 heteroatoms. The maximum absolute atomic E-state index is 12.3. The number of aromatic nitrogens is 2. The lowest BCUT2D eigenvalue weighted by Crippen LogP contribution is -2.28. The lowest BCUT2D eigenvalue weighted by Gasteiger charge is -2.18. The lowest BCUT2D eigenvalue weighted by molar-refractivity contribution is -0.118. The normalized spacial score (nSPS) is 10.9. The fourth-order valence-corrected chi connectivity index (χ4v) is 4.04. The molecule has 0 spiro atoms. The molecule has 1 heterocycles. The molecule has 0 fully saturated rings. The Morgan fingerprint density at radius 1 is 1.07 bits per heavy atom. The Kier molecular flexibility index (Phi) is 7.25. The SMILES string of the molecule is Cc1cc(=O)n(C)c(SCC(=O)NCCC(c2ccccc2)c2ccccc2)n1. The van der Waals surface area contributed by atoms with Crippen LogP contribution >= 0.6 is 11.8 Å². The average molecular weight is 408 g/mol. The number of nitrogens with one attached hydrogen (secondary N) is 1. The van der Waals surface area contributed by atoms with Gasteiger partial charge in [0.05, 0.1) is 5.75 Å². The molecule has 3 rings (SSSR count). The Morgan fingerprint density at radius 3 is 2.24 bits per heavy atom. The molecule has 29 heavy (non-hydrogen) atoms. The minimum atomic E-state index is -0.117. The molecule has 0 unspecified atom stereocenters. The van der Waals surface area contributed by atoms with Gasteiger partial charge in [0.15, 0.2) is 5.16 Å². The number of nitrogens with zero attached hydrogens (tertiary/aromatic N) is 2. The predicted octanol–water partition coefficient (Wildman–Crippen LogP) is 3.52. The van der Waals surface area contributed by atoms with Gasteiger partial charge >= 0.3 is 0 Å². The molecular formula is C23H25N3O2S. The van der Waals surface area contributed by atoms with Crippen molar-refractivity contribution in [1.82, 2.24) is 14.9 Å². The first-order chi connectivity index (χ1) is 14.0. The molecule has 1 aromatic heterocycles. The van der Waals surface area contributed by atoms with Crippen molar-refractivity contribution in [2.75, 3.05) is 12.3 Å². The quantitative estimate of drug-likeness (QED) is 0.458. The molecule has 1 N–H and O–H groups in total. The summed E-state index contributed by atoms with van der Waals surface area (Å²) in [6.07, 6.45) is 0.811. The van der Waals surface area contributed by atoms with E-state index in [-0.39, 0.29) is 23.1 Å². The molecule has 0 aliphatic rings. The van der Waals surface area contributed by atoms with Gasteiger partial charge < -0.3 is 5.32 Å². The van der Waals surface area contributed by atoms with E-state index in [1.807, 2.05) is 36.4 Å². The molecule has 0 saturated carbocycles. The molecule has 0 atom stereocenters. The van der Waals surface area contributed by atoms with Crippen LogP contribution in [0.2, 0.25) is 0 Å². The van der Waals surface area contributed by atoms with Crippen molar-refractivity contribution in [3.63, 3.8) is 0 Å². The van der Waals surface area contributed by atoms with Crippen LogP contribution < -0.4 is 10.9 Å². The highest BCUT2D eigenvalue weighted by Gasteiger charge is 2.14. The Balaban J connectivity index is 1.57. The zero-order valence-electron chi connectivity index (χ0n) is 16.7. The zero-order chi connectivity index (χ0) is 20.6. The Hall–Kier alpha value is -2.86. The highest BCUT2D eigenvalue weighted by molar-refractivity contribution is 7.99. The van der Waals surface area contributed by atoms with E-state index < -0.39 is 0 Å². The molecule has 0 radical (unpaired) electrons. The van der Waals surface area contributed by atoms with E-state index >= 15 is 0 Å². The highest BCUT2D eigenvalue weighted by Crippen LogP contribution is 2.27. The van der Waals surface area contributed by atoms with Gasteiger partial charge in [0, 0.05) is 31.3 Å². The summed E-state index contributed by atoms with van der Waals surface area (Å²) in [5.41, 5.74) is 3.01. The Labute approximate surface area is 175 Å². The standard InChI is InChI=1S/C23H25N3O2S/c1-17-15-22(28)26(2)23(25-17)29-16-21(27)24-14-13-20(18-9-5-3-6-10-18)19-11-7-4-8-12-19/h3-12,15,20H,13-14,16H2,1-2H3,(H,24,27). The summed E-state index contributed by atoms with van der Waals surface area (Å²) in [5.74, 6) is 0.390. The van der Waals surface area contributed by atoms with Crippen LogP contribution in [0.15, 0.2) is 76.7 Å². The number of aryl methyl sites for hydroxylation is 1. The van der Waals surface area contributed by atoms with Crippen molar-refractivity contribution in [1.29, 1.82) is 0 Å². The van der Waals surface area contributed by atoms with Crippen LogP contribution in [0.3, 0.4) is 0 Å². The van der Waals surface area contributed by atoms with Gasteiger partial charge in [-0.2, -0.15) is 0 Å². The van der Waals surface area contributed by atoms with Crippen molar-refractivity contribution in [3.8, 4) is 0 Å². The molecule has 1 amide bonds. The van der Waals surface area contributed by atoms with Gasteiger partial charge in [0.25, 0.3) is 5.56 Å². The number of carbonyl (C=O) groups excluding carboxylic acids is 1. The maximum Gasteiger partial charge on any atom is 0.254 e. The number of benzene rings is 2. The van der Waals surface area contributed by atoms with Gasteiger partial charge in [0.2, 0.25) is 5.91 Å². The lowest BCUT2D eigenvalue weighted by atomic mass is 9.88. The monoisotopic (exact) mass is 407 g/mol. The fraction of sp³-hybridized carbons (Fsp3) is 0.261. The molecule has 5 nitrogen and oxygen atoms in total. The molecule has 0 saturated heterocycles. The molecule has 0 bridgehead atoms. The first-order valence-corrected chi connectivity index (χ1v) is 10.6. The van der Waals surface area contributed by atoms with Crippen LogP contribution in [0.25, 0.3) is 0 Å². The van der Waals surface area contributed by atoms with E-state index in [4.69, 9.17) is 0 Å². The summed E-state index contributed by atoms with van der Waals surface area (Å²) in [5, 5.41) is 3.55. The third kappa shape index (κ3) is 5.81. The third-order valence-corrected chi connectivity index (χ3v) is 5.74. The number of hydrogen-bond donors (Lipinski definition) is 1. The molecular weight excluding hydrogens is 382 g/mol. The van der Waals surface area contributed by atoms with Crippen LogP contribution in [0.1, 0.15) is 29.2 Å².